The second-order valence-corrected chi connectivity index (χ2v) is 4.44. The number of anilines is 2. The molecule has 3 rings (SSSR count). The van der Waals surface area contributed by atoms with Crippen molar-refractivity contribution >= 4 is 22.3 Å². The molecule has 0 aliphatic carbocycles. The Morgan fingerprint density at radius 1 is 1.16 bits per heavy atom. The molecule has 3 nitrogen and oxygen atoms in total. The number of benzene rings is 2. The van der Waals surface area contributed by atoms with Crippen LogP contribution in [0.15, 0.2) is 48.7 Å². The van der Waals surface area contributed by atoms with Crippen LogP contribution < -0.4 is 11.1 Å². The topological polar surface area (TPSA) is 53.8 Å². The highest BCUT2D eigenvalue weighted by atomic mass is 19.1. The van der Waals surface area contributed by atoms with Crippen LogP contribution in [0.25, 0.3) is 10.9 Å². The van der Waals surface area contributed by atoms with Crippen LogP contribution in [0.5, 0.6) is 0 Å². The standard InChI is InChI=1S/C15H14FN3/c16-11-5-6-15(13(17)7-11)19-9-10-8-18-14-4-2-1-3-12(10)14/h1-8,18-19H,9,17H2. The lowest BCUT2D eigenvalue weighted by molar-refractivity contribution is 0.628. The summed E-state index contributed by atoms with van der Waals surface area (Å²) in [6, 6.07) is 12.5. The van der Waals surface area contributed by atoms with E-state index in [4.69, 9.17) is 5.73 Å². The first-order valence-corrected chi connectivity index (χ1v) is 6.08. The predicted octanol–water partition coefficient (Wildman–Crippen LogP) is 3.50. The van der Waals surface area contributed by atoms with E-state index in [1.54, 1.807) is 6.07 Å². The fraction of sp³-hybridized carbons (Fsp3) is 0.0667. The molecule has 0 amide bonds. The average Bonchev–Trinajstić information content (AvgIpc) is 2.81. The molecule has 0 saturated heterocycles. The summed E-state index contributed by atoms with van der Waals surface area (Å²) >= 11 is 0. The second-order valence-electron chi connectivity index (χ2n) is 4.44. The van der Waals surface area contributed by atoms with Crippen LogP contribution in [0.4, 0.5) is 15.8 Å². The molecule has 0 unspecified atom stereocenters. The van der Waals surface area contributed by atoms with Crippen molar-refractivity contribution < 1.29 is 4.39 Å². The van der Waals surface area contributed by atoms with Crippen molar-refractivity contribution in [1.29, 1.82) is 0 Å². The third kappa shape index (κ3) is 2.25. The normalized spacial score (nSPS) is 10.8. The lowest BCUT2D eigenvalue weighted by Gasteiger charge is -2.08. The largest absolute Gasteiger partial charge is 0.397 e. The summed E-state index contributed by atoms with van der Waals surface area (Å²) in [7, 11) is 0. The first-order chi connectivity index (χ1) is 9.24. The van der Waals surface area contributed by atoms with Crippen LogP contribution in [0, 0.1) is 5.82 Å². The zero-order valence-corrected chi connectivity index (χ0v) is 10.3. The van der Waals surface area contributed by atoms with Crippen LogP contribution >= 0.6 is 0 Å². The number of H-pyrrole nitrogens is 1. The Labute approximate surface area is 110 Å². The lowest BCUT2D eigenvalue weighted by atomic mass is 10.1. The van der Waals surface area contributed by atoms with Gasteiger partial charge in [-0.3, -0.25) is 0 Å². The van der Waals surface area contributed by atoms with Crippen molar-refractivity contribution in [3.8, 4) is 0 Å². The molecule has 19 heavy (non-hydrogen) atoms. The van der Waals surface area contributed by atoms with E-state index in [2.05, 4.69) is 16.4 Å². The van der Waals surface area contributed by atoms with Crippen LogP contribution in [-0.2, 0) is 6.54 Å². The Kier molecular flexibility index (Phi) is 2.83. The molecular formula is C15H14FN3. The van der Waals surface area contributed by atoms with E-state index < -0.39 is 0 Å². The molecule has 3 aromatic rings. The van der Waals surface area contributed by atoms with Gasteiger partial charge < -0.3 is 16.0 Å². The molecular weight excluding hydrogens is 241 g/mol. The number of nitrogens with one attached hydrogen (secondary N) is 2. The summed E-state index contributed by atoms with van der Waals surface area (Å²) in [4.78, 5) is 3.22. The SMILES string of the molecule is Nc1cc(F)ccc1NCc1c[nH]c2ccccc12. The quantitative estimate of drug-likeness (QED) is 0.627. The van der Waals surface area contributed by atoms with Crippen molar-refractivity contribution in [1.82, 2.24) is 4.98 Å². The lowest BCUT2D eigenvalue weighted by Crippen LogP contribution is -2.02. The van der Waals surface area contributed by atoms with Gasteiger partial charge in [0.15, 0.2) is 0 Å². The van der Waals surface area contributed by atoms with Crippen molar-refractivity contribution in [2.45, 2.75) is 6.54 Å². The molecule has 0 aliphatic rings. The van der Waals surface area contributed by atoms with E-state index in [1.165, 1.54) is 17.5 Å². The maximum Gasteiger partial charge on any atom is 0.125 e. The molecule has 1 heterocycles. The Morgan fingerprint density at radius 2 is 2.00 bits per heavy atom. The van der Waals surface area contributed by atoms with Gasteiger partial charge >= 0.3 is 0 Å². The van der Waals surface area contributed by atoms with Gasteiger partial charge in [0.1, 0.15) is 5.82 Å². The van der Waals surface area contributed by atoms with Crippen LogP contribution in [-0.4, -0.2) is 4.98 Å². The number of halogens is 1. The van der Waals surface area contributed by atoms with Crippen molar-refractivity contribution in [3.63, 3.8) is 0 Å². The molecule has 4 heteroatoms. The number of aromatic amines is 1. The smallest absolute Gasteiger partial charge is 0.125 e. The molecule has 0 spiro atoms. The minimum Gasteiger partial charge on any atom is -0.397 e. The van der Waals surface area contributed by atoms with E-state index in [1.807, 2.05) is 24.4 Å². The number of hydrogen-bond donors (Lipinski definition) is 3. The minimum absolute atomic E-state index is 0.324. The minimum atomic E-state index is -0.324. The highest BCUT2D eigenvalue weighted by Crippen LogP contribution is 2.22. The number of nitrogen functional groups attached to an aromatic ring is 1. The summed E-state index contributed by atoms with van der Waals surface area (Å²) in [6.07, 6.45) is 1.97. The predicted molar refractivity (Wildman–Crippen MR) is 76.4 cm³/mol. The third-order valence-corrected chi connectivity index (χ3v) is 3.16. The maximum absolute atomic E-state index is 13.0. The molecule has 0 atom stereocenters. The van der Waals surface area contributed by atoms with Gasteiger partial charge in [0.05, 0.1) is 11.4 Å². The van der Waals surface area contributed by atoms with Gasteiger partial charge in [-0.05, 0) is 29.8 Å². The molecule has 0 saturated carbocycles. The summed E-state index contributed by atoms with van der Waals surface area (Å²) in [5.74, 6) is -0.324. The fourth-order valence-corrected chi connectivity index (χ4v) is 2.16. The third-order valence-electron chi connectivity index (χ3n) is 3.16. The number of fused-ring (bicyclic) bond motifs is 1. The monoisotopic (exact) mass is 255 g/mol. The van der Waals surface area contributed by atoms with Gasteiger partial charge in [-0.25, -0.2) is 4.39 Å². The number of para-hydroxylation sites is 1. The Balaban J connectivity index is 1.82. The van der Waals surface area contributed by atoms with Crippen molar-refractivity contribution in [2.24, 2.45) is 0 Å². The van der Waals surface area contributed by atoms with Gasteiger partial charge in [-0.15, -0.1) is 0 Å². The zero-order valence-electron chi connectivity index (χ0n) is 10.3. The first kappa shape index (κ1) is 11.6. The van der Waals surface area contributed by atoms with E-state index in [0.29, 0.717) is 12.2 Å². The highest BCUT2D eigenvalue weighted by Gasteiger charge is 2.04. The number of aromatic nitrogens is 1. The van der Waals surface area contributed by atoms with E-state index >= 15 is 0 Å². The zero-order chi connectivity index (χ0) is 13.2. The van der Waals surface area contributed by atoms with Crippen LogP contribution in [0.1, 0.15) is 5.56 Å². The van der Waals surface area contributed by atoms with Gasteiger partial charge in [-0.1, -0.05) is 18.2 Å². The highest BCUT2D eigenvalue weighted by molar-refractivity contribution is 5.83. The van der Waals surface area contributed by atoms with Crippen LogP contribution in [0.2, 0.25) is 0 Å². The molecule has 0 radical (unpaired) electrons. The van der Waals surface area contributed by atoms with Crippen molar-refractivity contribution in [2.75, 3.05) is 11.1 Å². The molecule has 1 aromatic heterocycles. The molecule has 0 bridgehead atoms. The summed E-state index contributed by atoms with van der Waals surface area (Å²) < 4.78 is 13.0. The van der Waals surface area contributed by atoms with Gasteiger partial charge in [0.25, 0.3) is 0 Å². The number of nitrogens with two attached hydrogens (primary N) is 1. The number of rotatable bonds is 3. The Bertz CT molecular complexity index is 718. The fourth-order valence-electron chi connectivity index (χ4n) is 2.16. The average molecular weight is 255 g/mol. The maximum atomic E-state index is 13.0. The second kappa shape index (κ2) is 4.65. The van der Waals surface area contributed by atoms with E-state index in [-0.39, 0.29) is 5.82 Å². The molecule has 0 fully saturated rings. The number of hydrogen-bond acceptors (Lipinski definition) is 2. The Morgan fingerprint density at radius 3 is 2.84 bits per heavy atom. The summed E-state index contributed by atoms with van der Waals surface area (Å²) in [6.45, 7) is 0.639. The van der Waals surface area contributed by atoms with Gasteiger partial charge in [0, 0.05) is 23.6 Å². The van der Waals surface area contributed by atoms with E-state index in [0.717, 1.165) is 16.8 Å². The Hall–Kier alpha value is -2.49. The van der Waals surface area contributed by atoms with Crippen molar-refractivity contribution in [3.05, 3.63) is 60.0 Å². The molecule has 2 aromatic carbocycles. The van der Waals surface area contributed by atoms with E-state index in [9.17, 15) is 4.39 Å². The molecule has 96 valence electrons. The first-order valence-electron chi connectivity index (χ1n) is 6.08. The molecule has 0 aliphatic heterocycles. The van der Waals surface area contributed by atoms with Gasteiger partial charge in [-0.2, -0.15) is 0 Å². The molecule has 4 N–H and O–H groups in total. The summed E-state index contributed by atoms with van der Waals surface area (Å²) in [5.41, 5.74) is 9.18. The van der Waals surface area contributed by atoms with Gasteiger partial charge in [0.2, 0.25) is 0 Å². The van der Waals surface area contributed by atoms with Crippen LogP contribution in [0.3, 0.4) is 0 Å². The summed E-state index contributed by atoms with van der Waals surface area (Å²) in [5, 5.41) is 4.40.